The van der Waals surface area contributed by atoms with Gasteiger partial charge in [0.05, 0.1) is 12.7 Å². The molecule has 4 fully saturated rings. The van der Waals surface area contributed by atoms with Crippen molar-refractivity contribution in [1.82, 2.24) is 0 Å². The fourth-order valence-corrected chi connectivity index (χ4v) is 7.64. The highest BCUT2D eigenvalue weighted by molar-refractivity contribution is 8.14. The minimum absolute atomic E-state index is 0.0953. The summed E-state index contributed by atoms with van der Waals surface area (Å²) in [6.45, 7) is 7.98. The first-order valence-electron chi connectivity index (χ1n) is 9.99. The topological polar surface area (TPSA) is 26.3 Å². The van der Waals surface area contributed by atoms with Gasteiger partial charge in [-0.05, 0) is 71.6 Å². The van der Waals surface area contributed by atoms with Crippen LogP contribution in [0.2, 0.25) is 0 Å². The average molecular weight is 401 g/mol. The molecule has 4 atom stereocenters. The fraction of sp³-hybridized carbons (Fsp3) is 0.950. The van der Waals surface area contributed by atoms with Crippen molar-refractivity contribution in [3.05, 3.63) is 0 Å². The zero-order valence-electron chi connectivity index (χ0n) is 15.8. The Morgan fingerprint density at radius 2 is 1.96 bits per heavy atom. The molecule has 25 heavy (non-hydrogen) atoms. The maximum Gasteiger partial charge on any atom is 0.192 e. The summed E-state index contributed by atoms with van der Waals surface area (Å²) in [7, 11) is 0. The van der Waals surface area contributed by atoms with Gasteiger partial charge in [0.2, 0.25) is 0 Å². The van der Waals surface area contributed by atoms with Gasteiger partial charge in [-0.25, -0.2) is 0 Å². The summed E-state index contributed by atoms with van der Waals surface area (Å²) < 4.78 is 6.69. The van der Waals surface area contributed by atoms with Crippen LogP contribution in [0.25, 0.3) is 0 Å². The van der Waals surface area contributed by atoms with Gasteiger partial charge in [-0.1, -0.05) is 11.8 Å². The molecule has 4 unspecified atom stereocenters. The third kappa shape index (κ3) is 4.57. The highest BCUT2D eigenvalue weighted by atomic mass is 32.2. The zero-order valence-corrected chi connectivity index (χ0v) is 18.2. The normalized spacial score (nSPS) is 43.4. The van der Waals surface area contributed by atoms with Crippen LogP contribution in [0, 0.1) is 11.8 Å². The van der Waals surface area contributed by atoms with Gasteiger partial charge in [0.25, 0.3) is 0 Å². The Labute approximate surface area is 165 Å². The van der Waals surface area contributed by atoms with E-state index in [0.717, 1.165) is 42.8 Å². The summed E-state index contributed by atoms with van der Waals surface area (Å²) in [6.07, 6.45) is 8.59. The van der Waals surface area contributed by atoms with Crippen molar-refractivity contribution in [2.45, 2.75) is 91.8 Å². The van der Waals surface area contributed by atoms with Gasteiger partial charge in [-0.2, -0.15) is 11.8 Å². The predicted molar refractivity (Wildman–Crippen MR) is 112 cm³/mol. The Bertz CT molecular complexity index is 511. The molecule has 2 nitrogen and oxygen atoms in total. The maximum atomic E-state index is 12.9. The summed E-state index contributed by atoms with van der Waals surface area (Å²) in [5.41, 5.74) is 0. The third-order valence-electron chi connectivity index (χ3n) is 6.80. The number of thioether (sulfide) groups is 3. The number of ether oxygens (including phenoxy) is 1. The Kier molecular flexibility index (Phi) is 5.52. The second-order valence-electron chi connectivity index (χ2n) is 9.18. The van der Waals surface area contributed by atoms with E-state index in [1.807, 2.05) is 11.8 Å². The number of rotatable bonds is 6. The van der Waals surface area contributed by atoms with Crippen LogP contribution in [0.5, 0.6) is 0 Å². The summed E-state index contributed by atoms with van der Waals surface area (Å²) in [5, 5.41) is 2.08. The van der Waals surface area contributed by atoms with E-state index in [1.54, 1.807) is 11.8 Å². The van der Waals surface area contributed by atoms with Gasteiger partial charge in [0, 0.05) is 31.7 Å². The molecule has 4 rings (SSSR count). The summed E-state index contributed by atoms with van der Waals surface area (Å²) >= 11 is 5.84. The second kappa shape index (κ2) is 7.25. The molecule has 0 bridgehead atoms. The van der Waals surface area contributed by atoms with Crippen molar-refractivity contribution < 1.29 is 9.53 Å². The fourth-order valence-electron chi connectivity index (χ4n) is 4.58. The SMILES string of the molecule is CC(C)(SC(=O)C1CCC(OCC2CS2)CC1)C1CCC2(C)SC2C1. The molecule has 0 radical (unpaired) electrons. The number of carbonyl (C=O) groups excluding carboxylic acids is 1. The minimum atomic E-state index is 0.0953. The first-order valence-corrected chi connectivity index (χ1v) is 12.7. The molecule has 0 N–H and O–H groups in total. The predicted octanol–water partition coefficient (Wildman–Crippen LogP) is 5.39. The number of hydrogen-bond acceptors (Lipinski definition) is 5. The third-order valence-corrected chi connectivity index (χ3v) is 10.9. The van der Waals surface area contributed by atoms with Crippen LogP contribution in [0.1, 0.15) is 65.7 Å². The highest BCUT2D eigenvalue weighted by Crippen LogP contribution is 2.64. The molecule has 0 spiro atoms. The molecule has 0 aromatic rings. The first-order chi connectivity index (χ1) is 11.9. The standard InChI is InChI=1S/C20H32O2S3/c1-19(2,14-8-9-20(3)17(10-14)24-20)25-18(21)13-4-6-15(7-5-13)22-11-16-12-23-16/h13-17H,4-12H2,1-3H3. The molecule has 2 aliphatic heterocycles. The number of fused-ring (bicyclic) bond motifs is 1. The molecule has 2 saturated carbocycles. The Morgan fingerprint density at radius 1 is 1.24 bits per heavy atom. The average Bonchev–Trinajstić information content (AvgIpc) is 3.47. The lowest BCUT2D eigenvalue weighted by Crippen LogP contribution is -2.36. The first kappa shape index (κ1) is 19.0. The highest BCUT2D eigenvalue weighted by Gasteiger charge is 2.56. The van der Waals surface area contributed by atoms with Gasteiger partial charge in [-0.3, -0.25) is 4.79 Å². The molecule has 0 aromatic carbocycles. The smallest absolute Gasteiger partial charge is 0.192 e. The number of hydrogen-bond donors (Lipinski definition) is 0. The molecule has 2 saturated heterocycles. The van der Waals surface area contributed by atoms with E-state index < -0.39 is 0 Å². The van der Waals surface area contributed by atoms with Crippen molar-refractivity contribution in [3.8, 4) is 0 Å². The van der Waals surface area contributed by atoms with Crippen LogP contribution in [-0.2, 0) is 9.53 Å². The molecule has 2 heterocycles. The van der Waals surface area contributed by atoms with E-state index in [0.29, 0.717) is 21.9 Å². The largest absolute Gasteiger partial charge is 0.377 e. The van der Waals surface area contributed by atoms with Crippen LogP contribution in [-0.4, -0.2) is 43.6 Å². The lowest BCUT2D eigenvalue weighted by atomic mass is 9.77. The Hall–Kier alpha value is 0.680. The molecule has 4 aliphatic rings. The van der Waals surface area contributed by atoms with Crippen molar-refractivity contribution in [2.24, 2.45) is 11.8 Å². The van der Waals surface area contributed by atoms with Gasteiger partial charge in [0.15, 0.2) is 5.12 Å². The van der Waals surface area contributed by atoms with Crippen LogP contribution in [0.15, 0.2) is 0 Å². The minimum Gasteiger partial charge on any atom is -0.377 e. The van der Waals surface area contributed by atoms with E-state index >= 15 is 0 Å². The second-order valence-corrected chi connectivity index (χ2v) is 13.9. The quantitative estimate of drug-likeness (QED) is 0.557. The van der Waals surface area contributed by atoms with Crippen molar-refractivity contribution in [1.29, 1.82) is 0 Å². The summed E-state index contributed by atoms with van der Waals surface area (Å²) in [5.74, 6) is 2.24. The maximum absolute atomic E-state index is 12.9. The van der Waals surface area contributed by atoms with Crippen LogP contribution in [0.4, 0.5) is 0 Å². The zero-order chi connectivity index (χ0) is 17.7. The molecular formula is C20H32O2S3. The van der Waals surface area contributed by atoms with Crippen molar-refractivity contribution in [2.75, 3.05) is 12.4 Å². The van der Waals surface area contributed by atoms with Crippen molar-refractivity contribution in [3.63, 3.8) is 0 Å². The van der Waals surface area contributed by atoms with E-state index in [-0.39, 0.29) is 10.7 Å². The molecule has 5 heteroatoms. The molecule has 0 amide bonds. The molecule has 142 valence electrons. The van der Waals surface area contributed by atoms with E-state index in [4.69, 9.17) is 4.74 Å². The Morgan fingerprint density at radius 3 is 2.60 bits per heavy atom. The van der Waals surface area contributed by atoms with Crippen LogP contribution < -0.4 is 0 Å². The molecule has 2 aliphatic carbocycles. The van der Waals surface area contributed by atoms with Gasteiger partial charge < -0.3 is 4.74 Å². The van der Waals surface area contributed by atoms with Gasteiger partial charge >= 0.3 is 0 Å². The van der Waals surface area contributed by atoms with E-state index in [9.17, 15) is 4.79 Å². The summed E-state index contributed by atoms with van der Waals surface area (Å²) in [4.78, 5) is 12.9. The molecular weight excluding hydrogens is 368 g/mol. The van der Waals surface area contributed by atoms with Crippen LogP contribution >= 0.6 is 35.3 Å². The van der Waals surface area contributed by atoms with E-state index in [1.165, 1.54) is 25.0 Å². The lowest BCUT2D eigenvalue weighted by molar-refractivity contribution is -0.116. The number of carbonyl (C=O) groups is 1. The Balaban J connectivity index is 1.22. The summed E-state index contributed by atoms with van der Waals surface area (Å²) in [6, 6.07) is 0. The van der Waals surface area contributed by atoms with E-state index in [2.05, 4.69) is 32.5 Å². The molecule has 0 aromatic heterocycles. The lowest BCUT2D eigenvalue weighted by Gasteiger charge is -2.38. The van der Waals surface area contributed by atoms with Crippen molar-refractivity contribution >= 4 is 40.4 Å². The van der Waals surface area contributed by atoms with Gasteiger partial charge in [-0.15, -0.1) is 11.8 Å². The van der Waals surface area contributed by atoms with Crippen LogP contribution in [0.3, 0.4) is 0 Å². The van der Waals surface area contributed by atoms with Gasteiger partial charge in [0.1, 0.15) is 0 Å². The monoisotopic (exact) mass is 400 g/mol.